The van der Waals surface area contributed by atoms with Gasteiger partial charge in [-0.1, -0.05) is 30.0 Å². The van der Waals surface area contributed by atoms with Crippen molar-refractivity contribution < 1.29 is 34.0 Å². The van der Waals surface area contributed by atoms with E-state index in [-0.39, 0.29) is 11.9 Å². The molecule has 0 aliphatic carbocycles. The summed E-state index contributed by atoms with van der Waals surface area (Å²) in [5, 5.41) is 22.1. The lowest BCUT2D eigenvalue weighted by atomic mass is 10.1. The lowest BCUT2D eigenvalue weighted by Gasteiger charge is -2.17. The number of aromatic nitrogens is 3. The molecular weight excluding hydrogens is 469 g/mol. The van der Waals surface area contributed by atoms with E-state index in [9.17, 15) is 14.8 Å². The summed E-state index contributed by atoms with van der Waals surface area (Å²) in [6.45, 7) is -0.302. The Kier molecular flexibility index (Phi) is 6.68. The smallest absolute Gasteiger partial charge is 0.350 e. The monoisotopic (exact) mass is 487 g/mol. The zero-order valence-corrected chi connectivity index (χ0v) is 18.3. The molecule has 1 aliphatic rings. The molecule has 1 aliphatic heterocycles. The van der Waals surface area contributed by atoms with Gasteiger partial charge in [-0.25, -0.2) is 4.98 Å². The minimum atomic E-state index is -4.35. The van der Waals surface area contributed by atoms with Crippen LogP contribution in [-0.2, 0) is 14.0 Å². The number of hydrogen-bond donors (Lipinski definition) is 4. The fraction of sp³-hybridized carbons (Fsp3) is 0.333. The van der Waals surface area contributed by atoms with Gasteiger partial charge in [0, 0.05) is 11.1 Å². The first kappa shape index (κ1) is 22.7. The molecule has 4 N–H and O–H groups in total. The number of hydrogen-bond acceptors (Lipinski definition) is 8. The Hall–Kier alpha value is -1.53. The standard InChI is InChI=1S/C18H19ClN3O7PS/c19-18-20-15-11(16(21-18)31-10-4-2-1-3-5-10)6-7-22(15)17-14(24)13(23)12(29-17)8-28-9-30(25,26)27/h1-7,12-14,17,23-24H,8-9H2,(H2,25,26,27)/t12-,13-,14-,17-/m1/s1. The highest BCUT2D eigenvalue weighted by Gasteiger charge is 2.44. The lowest BCUT2D eigenvalue weighted by Crippen LogP contribution is -2.33. The van der Waals surface area contributed by atoms with E-state index in [4.69, 9.17) is 30.9 Å². The molecule has 0 saturated carbocycles. The molecule has 0 unspecified atom stereocenters. The Morgan fingerprint density at radius 1 is 1.16 bits per heavy atom. The first-order valence-electron chi connectivity index (χ1n) is 9.14. The van der Waals surface area contributed by atoms with Crippen molar-refractivity contribution in [2.24, 2.45) is 0 Å². The maximum Gasteiger partial charge on any atom is 0.350 e. The van der Waals surface area contributed by atoms with Crippen LogP contribution < -0.4 is 0 Å². The van der Waals surface area contributed by atoms with Crippen LogP contribution in [0.5, 0.6) is 0 Å². The number of aliphatic hydroxyl groups is 2. The second-order valence-electron chi connectivity index (χ2n) is 6.88. The fourth-order valence-corrected chi connectivity index (χ4v) is 4.72. The summed E-state index contributed by atoms with van der Waals surface area (Å²) in [5.41, 5.74) is 0.409. The Labute approximate surface area is 186 Å². The molecule has 13 heteroatoms. The van der Waals surface area contributed by atoms with Gasteiger partial charge in [0.2, 0.25) is 5.28 Å². The maximum absolute atomic E-state index is 10.9. The number of ether oxygens (including phenoxy) is 2. The molecule has 0 amide bonds. The Bertz CT molecular complexity index is 1110. The van der Waals surface area contributed by atoms with E-state index in [0.717, 1.165) is 4.90 Å². The molecule has 0 spiro atoms. The predicted molar refractivity (Wildman–Crippen MR) is 112 cm³/mol. The van der Waals surface area contributed by atoms with Crippen LogP contribution >= 0.6 is 31.0 Å². The number of benzene rings is 1. The van der Waals surface area contributed by atoms with Gasteiger partial charge in [-0.2, -0.15) is 4.98 Å². The van der Waals surface area contributed by atoms with Crippen LogP contribution in [0.1, 0.15) is 6.23 Å². The topological polar surface area (TPSA) is 147 Å². The largest absolute Gasteiger partial charge is 0.387 e. The average Bonchev–Trinajstić information content (AvgIpc) is 3.24. The minimum absolute atomic E-state index is 0.0143. The van der Waals surface area contributed by atoms with Crippen molar-refractivity contribution in [3.63, 3.8) is 0 Å². The number of nitrogens with zero attached hydrogens (tertiary/aromatic N) is 3. The van der Waals surface area contributed by atoms with E-state index in [1.54, 1.807) is 12.3 Å². The van der Waals surface area contributed by atoms with Crippen LogP contribution in [0.2, 0.25) is 5.28 Å². The molecule has 166 valence electrons. The number of fused-ring (bicyclic) bond motifs is 1. The first-order chi connectivity index (χ1) is 14.7. The molecule has 2 aromatic heterocycles. The first-order valence-corrected chi connectivity index (χ1v) is 12.1. The van der Waals surface area contributed by atoms with Gasteiger partial charge in [0.15, 0.2) is 6.23 Å². The van der Waals surface area contributed by atoms with Gasteiger partial charge in [-0.05, 0) is 29.8 Å². The van der Waals surface area contributed by atoms with Crippen LogP contribution in [-0.4, -0.2) is 65.8 Å². The quantitative estimate of drug-likeness (QED) is 0.221. The zero-order chi connectivity index (χ0) is 22.2. The van der Waals surface area contributed by atoms with Gasteiger partial charge in [0.05, 0.1) is 12.0 Å². The second kappa shape index (κ2) is 9.14. The number of aliphatic hydroxyl groups excluding tert-OH is 2. The normalized spacial score (nSPS) is 24.2. The maximum atomic E-state index is 10.9. The Balaban J connectivity index is 1.59. The molecule has 3 aromatic rings. The van der Waals surface area contributed by atoms with Gasteiger partial charge in [-0.3, -0.25) is 4.57 Å². The molecule has 1 fully saturated rings. The second-order valence-corrected chi connectivity index (χ2v) is 9.87. The molecule has 3 heterocycles. The van der Waals surface area contributed by atoms with Crippen molar-refractivity contribution >= 4 is 42.0 Å². The highest BCUT2D eigenvalue weighted by Crippen LogP contribution is 2.38. The van der Waals surface area contributed by atoms with Gasteiger partial charge in [-0.15, -0.1) is 0 Å². The van der Waals surface area contributed by atoms with Crippen molar-refractivity contribution in [1.82, 2.24) is 14.5 Å². The van der Waals surface area contributed by atoms with Gasteiger partial charge >= 0.3 is 7.60 Å². The van der Waals surface area contributed by atoms with E-state index in [2.05, 4.69) is 9.97 Å². The predicted octanol–water partition coefficient (Wildman–Crippen LogP) is 2.01. The molecule has 1 aromatic carbocycles. The van der Waals surface area contributed by atoms with Gasteiger partial charge in [0.1, 0.15) is 35.3 Å². The molecular formula is C18H19ClN3O7PS. The lowest BCUT2D eigenvalue weighted by molar-refractivity contribution is -0.0610. The fourth-order valence-electron chi connectivity index (χ4n) is 3.25. The number of rotatable bonds is 7. The molecule has 0 bridgehead atoms. The summed E-state index contributed by atoms with van der Waals surface area (Å²) < 4.78 is 23.1. The minimum Gasteiger partial charge on any atom is -0.387 e. The average molecular weight is 488 g/mol. The van der Waals surface area contributed by atoms with Gasteiger partial charge in [0.25, 0.3) is 0 Å². The third-order valence-electron chi connectivity index (χ3n) is 4.62. The van der Waals surface area contributed by atoms with E-state index in [1.807, 2.05) is 30.3 Å². The summed E-state index contributed by atoms with van der Waals surface area (Å²) >= 11 is 7.54. The number of halogens is 1. The van der Waals surface area contributed by atoms with Crippen molar-refractivity contribution in [3.8, 4) is 0 Å². The van der Waals surface area contributed by atoms with E-state index < -0.39 is 38.5 Å². The highest BCUT2D eigenvalue weighted by atomic mass is 35.5. The van der Waals surface area contributed by atoms with Crippen LogP contribution in [0.15, 0.2) is 52.5 Å². The third-order valence-corrected chi connectivity index (χ3v) is 6.32. The molecule has 1 saturated heterocycles. The van der Waals surface area contributed by atoms with E-state index in [1.165, 1.54) is 16.3 Å². The molecule has 4 rings (SSSR count). The molecule has 10 nitrogen and oxygen atoms in total. The third kappa shape index (κ3) is 5.11. The Morgan fingerprint density at radius 3 is 2.61 bits per heavy atom. The van der Waals surface area contributed by atoms with Crippen molar-refractivity contribution in [2.45, 2.75) is 34.5 Å². The van der Waals surface area contributed by atoms with Crippen LogP contribution in [0, 0.1) is 0 Å². The summed E-state index contributed by atoms with van der Waals surface area (Å²) in [5.74, 6) is 0. The summed E-state index contributed by atoms with van der Waals surface area (Å²) in [4.78, 5) is 27.3. The van der Waals surface area contributed by atoms with E-state index >= 15 is 0 Å². The van der Waals surface area contributed by atoms with E-state index in [0.29, 0.717) is 16.1 Å². The summed E-state index contributed by atoms with van der Waals surface area (Å²) in [6.07, 6.45) is -3.80. The Morgan fingerprint density at radius 2 is 1.90 bits per heavy atom. The van der Waals surface area contributed by atoms with Crippen molar-refractivity contribution in [1.29, 1.82) is 0 Å². The van der Waals surface area contributed by atoms with Crippen LogP contribution in [0.3, 0.4) is 0 Å². The summed E-state index contributed by atoms with van der Waals surface area (Å²) in [6, 6.07) is 11.4. The van der Waals surface area contributed by atoms with Gasteiger partial charge < -0.3 is 34.0 Å². The summed E-state index contributed by atoms with van der Waals surface area (Å²) in [7, 11) is -4.35. The van der Waals surface area contributed by atoms with Crippen molar-refractivity contribution in [2.75, 3.05) is 13.0 Å². The SMILES string of the molecule is O=P(O)(O)COC[C@H]1O[C@@H](n2ccc3c(Sc4ccccc4)nc(Cl)nc32)[C@H](O)[C@@H]1O. The highest BCUT2D eigenvalue weighted by molar-refractivity contribution is 7.99. The molecule has 4 atom stereocenters. The van der Waals surface area contributed by atoms with Crippen molar-refractivity contribution in [3.05, 3.63) is 47.9 Å². The molecule has 0 radical (unpaired) electrons. The van der Waals surface area contributed by atoms with Crippen LogP contribution in [0.25, 0.3) is 11.0 Å². The zero-order valence-electron chi connectivity index (χ0n) is 15.9. The van der Waals surface area contributed by atoms with Crippen LogP contribution in [0.4, 0.5) is 0 Å². The molecule has 31 heavy (non-hydrogen) atoms.